The van der Waals surface area contributed by atoms with Crippen LogP contribution >= 0.6 is 0 Å². The number of likely N-dealkylation sites (N-methyl/N-ethyl adjacent to an activating group) is 1. The van der Waals surface area contributed by atoms with Gasteiger partial charge in [-0.05, 0) is 38.6 Å². The summed E-state index contributed by atoms with van der Waals surface area (Å²) in [6.45, 7) is 4.50. The van der Waals surface area contributed by atoms with E-state index >= 15 is 0 Å². The number of ether oxygens (including phenoxy) is 1. The zero-order valence-corrected chi connectivity index (χ0v) is 12.1. The maximum Gasteiger partial charge on any atom is 0.176 e. The maximum absolute atomic E-state index is 13.5. The van der Waals surface area contributed by atoms with Crippen molar-refractivity contribution in [3.05, 3.63) is 29.6 Å². The minimum Gasteiger partial charge on any atom is -0.494 e. The van der Waals surface area contributed by atoms with Gasteiger partial charge in [-0.3, -0.25) is 9.69 Å². The first-order valence-corrected chi connectivity index (χ1v) is 6.56. The summed E-state index contributed by atoms with van der Waals surface area (Å²) >= 11 is 0. The van der Waals surface area contributed by atoms with Gasteiger partial charge in [0.2, 0.25) is 0 Å². The number of hydrogen-bond donors (Lipinski definition) is 0. The van der Waals surface area contributed by atoms with Crippen molar-refractivity contribution in [3.8, 4) is 5.75 Å². The van der Waals surface area contributed by atoms with Crippen LogP contribution in [0.5, 0.6) is 5.75 Å². The highest BCUT2D eigenvalue weighted by atomic mass is 19.1. The second kappa shape index (κ2) is 7.24. The van der Waals surface area contributed by atoms with E-state index in [2.05, 4.69) is 13.8 Å². The number of halogens is 1. The fourth-order valence-corrected chi connectivity index (χ4v) is 1.95. The Hall–Kier alpha value is -1.42. The molecule has 4 heteroatoms. The van der Waals surface area contributed by atoms with Crippen molar-refractivity contribution in [2.24, 2.45) is 0 Å². The second-order valence-corrected chi connectivity index (χ2v) is 4.83. The maximum atomic E-state index is 13.5. The van der Waals surface area contributed by atoms with E-state index in [-0.39, 0.29) is 11.5 Å². The van der Waals surface area contributed by atoms with Gasteiger partial charge in [0.25, 0.3) is 0 Å². The van der Waals surface area contributed by atoms with Crippen LogP contribution in [0.2, 0.25) is 0 Å². The molecule has 0 heterocycles. The van der Waals surface area contributed by atoms with Crippen LogP contribution in [0, 0.1) is 5.82 Å². The summed E-state index contributed by atoms with van der Waals surface area (Å²) in [5, 5.41) is 0. The zero-order chi connectivity index (χ0) is 14.4. The van der Waals surface area contributed by atoms with Gasteiger partial charge >= 0.3 is 0 Å². The first-order chi connectivity index (χ1) is 8.99. The number of nitrogens with zero attached hydrogens (tertiary/aromatic N) is 1. The Morgan fingerprint density at radius 1 is 1.47 bits per heavy atom. The van der Waals surface area contributed by atoms with Crippen LogP contribution in [0.4, 0.5) is 4.39 Å². The highest BCUT2D eigenvalue weighted by Gasteiger charge is 2.15. The van der Waals surface area contributed by atoms with E-state index in [1.54, 1.807) is 6.07 Å². The molecular formula is C15H22FNO2. The van der Waals surface area contributed by atoms with Crippen LogP contribution in [0.15, 0.2) is 18.2 Å². The van der Waals surface area contributed by atoms with E-state index in [1.807, 2.05) is 11.9 Å². The van der Waals surface area contributed by atoms with E-state index in [0.29, 0.717) is 18.2 Å². The molecular weight excluding hydrogens is 245 g/mol. The molecule has 0 saturated carbocycles. The number of hydrogen-bond acceptors (Lipinski definition) is 3. The lowest BCUT2D eigenvalue weighted by Crippen LogP contribution is -2.33. The molecule has 0 aliphatic rings. The lowest BCUT2D eigenvalue weighted by Gasteiger charge is -2.23. The quantitative estimate of drug-likeness (QED) is 0.711. The topological polar surface area (TPSA) is 29.5 Å². The van der Waals surface area contributed by atoms with Crippen molar-refractivity contribution in [2.75, 3.05) is 20.7 Å². The van der Waals surface area contributed by atoms with Gasteiger partial charge in [0.15, 0.2) is 17.3 Å². The van der Waals surface area contributed by atoms with Gasteiger partial charge in [-0.1, -0.05) is 13.3 Å². The van der Waals surface area contributed by atoms with Gasteiger partial charge in [0.05, 0.1) is 13.7 Å². The molecule has 1 aromatic rings. The van der Waals surface area contributed by atoms with E-state index in [9.17, 15) is 9.18 Å². The number of ketones is 1. The first-order valence-electron chi connectivity index (χ1n) is 6.56. The Balaban J connectivity index is 2.70. The average molecular weight is 267 g/mol. The fourth-order valence-electron chi connectivity index (χ4n) is 1.95. The largest absolute Gasteiger partial charge is 0.494 e. The van der Waals surface area contributed by atoms with E-state index in [0.717, 1.165) is 12.8 Å². The SMILES string of the molecule is CCCC(C)N(C)CC(=O)c1ccc(OC)c(F)c1. The van der Waals surface area contributed by atoms with Gasteiger partial charge in [-0.25, -0.2) is 4.39 Å². The third-order valence-electron chi connectivity index (χ3n) is 3.33. The van der Waals surface area contributed by atoms with Crippen molar-refractivity contribution in [1.29, 1.82) is 0 Å². The summed E-state index contributed by atoms with van der Waals surface area (Å²) in [6.07, 6.45) is 2.12. The van der Waals surface area contributed by atoms with Crippen LogP contribution in [0.25, 0.3) is 0 Å². The van der Waals surface area contributed by atoms with E-state index in [4.69, 9.17) is 4.74 Å². The number of Topliss-reactive ketones (excluding diaryl/α,β-unsaturated/α-hetero) is 1. The van der Waals surface area contributed by atoms with Crippen molar-refractivity contribution in [2.45, 2.75) is 32.7 Å². The third kappa shape index (κ3) is 4.31. The average Bonchev–Trinajstić information content (AvgIpc) is 2.38. The van der Waals surface area contributed by atoms with Crippen LogP contribution in [-0.2, 0) is 0 Å². The molecule has 1 unspecified atom stereocenters. The Morgan fingerprint density at radius 2 is 2.16 bits per heavy atom. The van der Waals surface area contributed by atoms with Crippen LogP contribution in [-0.4, -0.2) is 37.4 Å². The zero-order valence-electron chi connectivity index (χ0n) is 12.1. The van der Waals surface area contributed by atoms with Crippen LogP contribution < -0.4 is 4.74 Å². The predicted octanol–water partition coefficient (Wildman–Crippen LogP) is 3.14. The molecule has 106 valence electrons. The third-order valence-corrected chi connectivity index (χ3v) is 3.33. The number of carbonyl (C=O) groups is 1. The van der Waals surface area contributed by atoms with Gasteiger partial charge in [-0.15, -0.1) is 0 Å². The Kier molecular flexibility index (Phi) is 5.96. The van der Waals surface area contributed by atoms with Crippen molar-refractivity contribution < 1.29 is 13.9 Å². The predicted molar refractivity (Wildman–Crippen MR) is 74.3 cm³/mol. The molecule has 0 bridgehead atoms. The molecule has 1 atom stereocenters. The van der Waals surface area contributed by atoms with Crippen molar-refractivity contribution in [3.63, 3.8) is 0 Å². The monoisotopic (exact) mass is 267 g/mol. The molecule has 0 aliphatic carbocycles. The molecule has 3 nitrogen and oxygen atoms in total. The molecule has 0 N–H and O–H groups in total. The summed E-state index contributed by atoms with van der Waals surface area (Å²) in [5.41, 5.74) is 0.383. The second-order valence-electron chi connectivity index (χ2n) is 4.83. The lowest BCUT2D eigenvalue weighted by atomic mass is 10.1. The minimum absolute atomic E-state index is 0.0768. The molecule has 0 amide bonds. The summed E-state index contributed by atoms with van der Waals surface area (Å²) < 4.78 is 18.4. The van der Waals surface area contributed by atoms with Crippen LogP contribution in [0.1, 0.15) is 37.0 Å². The molecule has 0 aromatic heterocycles. The summed E-state index contributed by atoms with van der Waals surface area (Å²) in [7, 11) is 3.32. The molecule has 19 heavy (non-hydrogen) atoms. The standard InChI is InChI=1S/C15H22FNO2/c1-5-6-11(2)17(3)10-14(18)12-7-8-15(19-4)13(16)9-12/h7-9,11H,5-6,10H2,1-4H3. The number of rotatable bonds is 7. The molecule has 1 rings (SSSR count). The minimum atomic E-state index is -0.502. The smallest absolute Gasteiger partial charge is 0.176 e. The van der Waals surface area contributed by atoms with Gasteiger partial charge < -0.3 is 4.74 Å². The number of benzene rings is 1. The summed E-state index contributed by atoms with van der Waals surface area (Å²) in [4.78, 5) is 14.1. The highest BCUT2D eigenvalue weighted by molar-refractivity contribution is 5.97. The number of methoxy groups -OCH3 is 1. The normalized spacial score (nSPS) is 12.5. The summed E-state index contributed by atoms with van der Waals surface area (Å²) in [6, 6.07) is 4.66. The Bertz CT molecular complexity index is 434. The van der Waals surface area contributed by atoms with Gasteiger partial charge in [-0.2, -0.15) is 0 Å². The molecule has 0 spiro atoms. The van der Waals surface area contributed by atoms with E-state index < -0.39 is 5.82 Å². The van der Waals surface area contributed by atoms with Crippen molar-refractivity contribution >= 4 is 5.78 Å². The fraction of sp³-hybridized carbons (Fsp3) is 0.533. The summed E-state index contributed by atoms with van der Waals surface area (Å²) in [5.74, 6) is -0.422. The number of carbonyl (C=O) groups excluding carboxylic acids is 1. The van der Waals surface area contributed by atoms with Gasteiger partial charge in [0, 0.05) is 11.6 Å². The molecule has 0 aliphatic heterocycles. The van der Waals surface area contributed by atoms with Crippen molar-refractivity contribution in [1.82, 2.24) is 4.90 Å². The molecule has 0 saturated heterocycles. The van der Waals surface area contributed by atoms with Crippen LogP contribution in [0.3, 0.4) is 0 Å². The highest BCUT2D eigenvalue weighted by Crippen LogP contribution is 2.18. The lowest BCUT2D eigenvalue weighted by molar-refractivity contribution is 0.0921. The molecule has 1 aromatic carbocycles. The Morgan fingerprint density at radius 3 is 2.68 bits per heavy atom. The molecule has 0 radical (unpaired) electrons. The molecule has 0 fully saturated rings. The van der Waals surface area contributed by atoms with Gasteiger partial charge in [0.1, 0.15) is 0 Å². The van der Waals surface area contributed by atoms with E-state index in [1.165, 1.54) is 19.2 Å². The first kappa shape index (κ1) is 15.6. The Labute approximate surface area is 114 Å².